The quantitative estimate of drug-likeness (QED) is 0.490. The first-order chi connectivity index (χ1) is 17.2. The lowest BCUT2D eigenvalue weighted by Crippen LogP contribution is -2.38. The monoisotopic (exact) mass is 470 g/mol. The maximum Gasteiger partial charge on any atom is 0.225 e. The third-order valence-corrected chi connectivity index (χ3v) is 6.73. The van der Waals surface area contributed by atoms with Gasteiger partial charge < -0.3 is 19.7 Å². The summed E-state index contributed by atoms with van der Waals surface area (Å²) in [6.07, 6.45) is 2.02. The van der Waals surface area contributed by atoms with Gasteiger partial charge in [0.1, 0.15) is 13.2 Å². The fourth-order valence-electron chi connectivity index (χ4n) is 4.79. The van der Waals surface area contributed by atoms with Gasteiger partial charge in [0.05, 0.1) is 0 Å². The van der Waals surface area contributed by atoms with Gasteiger partial charge in [-0.05, 0) is 55.8 Å². The zero-order chi connectivity index (χ0) is 24.0. The van der Waals surface area contributed by atoms with Crippen LogP contribution in [0.5, 0.6) is 11.5 Å². The van der Waals surface area contributed by atoms with Crippen LogP contribution in [0.25, 0.3) is 11.1 Å². The van der Waals surface area contributed by atoms with E-state index in [0.717, 1.165) is 42.7 Å². The largest absolute Gasteiger partial charge is 0.486 e. The number of amides is 1. The van der Waals surface area contributed by atoms with Crippen LogP contribution >= 0.6 is 0 Å². The molecule has 0 aliphatic carbocycles. The minimum Gasteiger partial charge on any atom is -0.486 e. The number of fused-ring (bicyclic) bond motifs is 1. The highest BCUT2D eigenvalue weighted by Gasteiger charge is 2.27. The molecule has 6 heteroatoms. The number of hydrogen-bond donors (Lipinski definition) is 1. The lowest BCUT2D eigenvalue weighted by atomic mass is 9.88. The van der Waals surface area contributed by atoms with Crippen molar-refractivity contribution in [2.75, 3.05) is 38.2 Å². The summed E-state index contributed by atoms with van der Waals surface area (Å²) in [5.41, 5.74) is 3.60. The van der Waals surface area contributed by atoms with Crippen LogP contribution in [-0.4, -0.2) is 49.4 Å². The minimum atomic E-state index is 0.000356. The topological polar surface area (TPSA) is 67.9 Å². The van der Waals surface area contributed by atoms with Crippen molar-refractivity contribution >= 4 is 17.4 Å². The first-order valence-corrected chi connectivity index (χ1v) is 12.3. The van der Waals surface area contributed by atoms with Crippen molar-refractivity contribution in [1.29, 1.82) is 0 Å². The van der Waals surface area contributed by atoms with Crippen LogP contribution in [0, 0.1) is 5.92 Å². The summed E-state index contributed by atoms with van der Waals surface area (Å²) >= 11 is 0. The van der Waals surface area contributed by atoms with Crippen molar-refractivity contribution in [3.63, 3.8) is 0 Å². The van der Waals surface area contributed by atoms with Crippen LogP contribution in [0.1, 0.15) is 29.6 Å². The molecule has 35 heavy (non-hydrogen) atoms. The molecule has 2 aliphatic rings. The molecule has 3 aromatic carbocycles. The zero-order valence-electron chi connectivity index (χ0n) is 19.7. The molecule has 0 spiro atoms. The number of ketones is 1. The average molecular weight is 471 g/mol. The Labute approximate surface area is 205 Å². The van der Waals surface area contributed by atoms with Crippen molar-refractivity contribution in [3.8, 4) is 22.6 Å². The number of nitrogens with zero attached hydrogens (tertiary/aromatic N) is 1. The van der Waals surface area contributed by atoms with Crippen molar-refractivity contribution in [2.45, 2.75) is 19.3 Å². The number of likely N-dealkylation sites (tertiary alicyclic amines) is 1. The van der Waals surface area contributed by atoms with E-state index in [1.165, 1.54) is 0 Å². The van der Waals surface area contributed by atoms with E-state index in [1.807, 2.05) is 66.7 Å². The molecule has 0 unspecified atom stereocenters. The van der Waals surface area contributed by atoms with Crippen LogP contribution in [-0.2, 0) is 4.79 Å². The number of carbonyl (C=O) groups excluding carboxylic acids is 2. The number of Topliss-reactive ketones (excluding diaryl/α,β-unsaturated/α-hetero) is 1. The second kappa shape index (κ2) is 10.7. The third kappa shape index (κ3) is 5.54. The number of rotatable bonds is 7. The van der Waals surface area contributed by atoms with Gasteiger partial charge in [0, 0.05) is 35.7 Å². The Bertz CT molecular complexity index is 1190. The summed E-state index contributed by atoms with van der Waals surface area (Å²) in [5, 5.41) is 3.08. The van der Waals surface area contributed by atoms with Gasteiger partial charge in [-0.3, -0.25) is 9.59 Å². The summed E-state index contributed by atoms with van der Waals surface area (Å²) in [4.78, 5) is 28.0. The highest BCUT2D eigenvalue weighted by Crippen LogP contribution is 2.33. The molecule has 1 N–H and O–H groups in total. The minimum absolute atomic E-state index is 0.000356. The fourth-order valence-corrected chi connectivity index (χ4v) is 4.79. The van der Waals surface area contributed by atoms with Crippen LogP contribution in [0.15, 0.2) is 72.8 Å². The molecular weight excluding hydrogens is 440 g/mol. The molecule has 0 atom stereocenters. The van der Waals surface area contributed by atoms with E-state index in [4.69, 9.17) is 9.47 Å². The van der Waals surface area contributed by atoms with Gasteiger partial charge in [-0.25, -0.2) is 0 Å². The first kappa shape index (κ1) is 23.1. The fraction of sp³-hybridized carbons (Fsp3) is 0.310. The number of carbonyl (C=O) groups is 2. The van der Waals surface area contributed by atoms with Gasteiger partial charge in [-0.2, -0.15) is 0 Å². The molecule has 0 saturated carbocycles. The first-order valence-electron chi connectivity index (χ1n) is 12.3. The number of nitrogens with one attached hydrogen (secondary N) is 1. The highest BCUT2D eigenvalue weighted by atomic mass is 16.6. The standard InChI is InChI=1S/C29H30N2O4/c32-28(30-25-9-5-4-8-24(25)21-6-2-1-3-7-21)14-17-31-15-12-22(13-16-31)29(33)23-10-11-26-27(20-23)35-19-18-34-26/h1-11,20,22H,12-19H2,(H,30,32). The maximum atomic E-state index is 13.0. The van der Waals surface area contributed by atoms with Gasteiger partial charge >= 0.3 is 0 Å². The Kier molecular flexibility index (Phi) is 7.09. The lowest BCUT2D eigenvalue weighted by molar-refractivity contribution is -0.116. The van der Waals surface area contributed by atoms with E-state index in [0.29, 0.717) is 43.2 Å². The Morgan fingerprint density at radius 2 is 1.57 bits per heavy atom. The maximum absolute atomic E-state index is 13.0. The molecule has 0 aromatic heterocycles. The van der Waals surface area contributed by atoms with E-state index in [-0.39, 0.29) is 17.6 Å². The molecule has 6 nitrogen and oxygen atoms in total. The lowest BCUT2D eigenvalue weighted by Gasteiger charge is -2.31. The summed E-state index contributed by atoms with van der Waals surface area (Å²) in [7, 11) is 0. The number of piperidine rings is 1. The summed E-state index contributed by atoms with van der Waals surface area (Å²) in [6.45, 7) is 3.36. The normalized spacial score (nSPS) is 16.0. The van der Waals surface area contributed by atoms with E-state index in [9.17, 15) is 9.59 Å². The summed E-state index contributed by atoms with van der Waals surface area (Å²) < 4.78 is 11.2. The van der Waals surface area contributed by atoms with Gasteiger partial charge in [-0.15, -0.1) is 0 Å². The van der Waals surface area contributed by atoms with E-state index in [2.05, 4.69) is 10.2 Å². The predicted molar refractivity (Wildman–Crippen MR) is 136 cm³/mol. The van der Waals surface area contributed by atoms with E-state index >= 15 is 0 Å². The number of anilines is 1. The zero-order valence-corrected chi connectivity index (χ0v) is 19.7. The third-order valence-electron chi connectivity index (χ3n) is 6.73. The molecule has 180 valence electrons. The predicted octanol–water partition coefficient (Wildman–Crippen LogP) is 5.05. The van der Waals surface area contributed by atoms with E-state index in [1.54, 1.807) is 6.07 Å². The Hall–Kier alpha value is -3.64. The molecule has 0 bridgehead atoms. The SMILES string of the molecule is O=C(CCN1CCC(C(=O)c2ccc3c(c2)OCCO3)CC1)Nc1ccccc1-c1ccccc1. The number of para-hydroxylation sites is 1. The van der Waals surface area contributed by atoms with Crippen molar-refractivity contribution in [2.24, 2.45) is 5.92 Å². The molecule has 2 heterocycles. The molecule has 1 fully saturated rings. The van der Waals surface area contributed by atoms with Crippen LogP contribution in [0.2, 0.25) is 0 Å². The number of ether oxygens (including phenoxy) is 2. The molecule has 2 aliphatic heterocycles. The average Bonchev–Trinajstić information content (AvgIpc) is 2.92. The molecular formula is C29H30N2O4. The summed E-state index contributed by atoms with van der Waals surface area (Å²) in [5.74, 6) is 1.52. The Morgan fingerprint density at radius 1 is 0.857 bits per heavy atom. The van der Waals surface area contributed by atoms with Crippen molar-refractivity contribution < 1.29 is 19.1 Å². The van der Waals surface area contributed by atoms with Crippen LogP contribution in [0.4, 0.5) is 5.69 Å². The van der Waals surface area contributed by atoms with Gasteiger partial charge in [0.2, 0.25) is 5.91 Å². The Morgan fingerprint density at radius 3 is 2.37 bits per heavy atom. The van der Waals surface area contributed by atoms with E-state index < -0.39 is 0 Å². The number of hydrogen-bond acceptors (Lipinski definition) is 5. The van der Waals surface area contributed by atoms with Crippen molar-refractivity contribution in [3.05, 3.63) is 78.4 Å². The van der Waals surface area contributed by atoms with Crippen LogP contribution < -0.4 is 14.8 Å². The summed E-state index contributed by atoms with van der Waals surface area (Å²) in [6, 6.07) is 23.4. The van der Waals surface area contributed by atoms with Gasteiger partial charge in [0.15, 0.2) is 17.3 Å². The molecule has 1 amide bonds. The molecule has 5 rings (SSSR count). The van der Waals surface area contributed by atoms with Crippen LogP contribution in [0.3, 0.4) is 0 Å². The van der Waals surface area contributed by atoms with Gasteiger partial charge in [-0.1, -0.05) is 48.5 Å². The molecule has 1 saturated heterocycles. The highest BCUT2D eigenvalue weighted by molar-refractivity contribution is 5.98. The Balaban J connectivity index is 1.11. The smallest absolute Gasteiger partial charge is 0.225 e. The van der Waals surface area contributed by atoms with Gasteiger partial charge in [0.25, 0.3) is 0 Å². The van der Waals surface area contributed by atoms with Crippen molar-refractivity contribution in [1.82, 2.24) is 4.90 Å². The second-order valence-electron chi connectivity index (χ2n) is 9.05. The molecule has 0 radical (unpaired) electrons. The second-order valence-corrected chi connectivity index (χ2v) is 9.05. The molecule has 3 aromatic rings. The number of benzene rings is 3.